The molecule has 1 unspecified atom stereocenters. The van der Waals surface area contributed by atoms with Crippen LogP contribution >= 0.6 is 11.6 Å². The monoisotopic (exact) mass is 500 g/mol. The number of amides is 1. The number of carbonyl (C=O) groups excluding carboxylic acids is 1. The molecule has 7 nitrogen and oxygen atoms in total. The van der Waals surface area contributed by atoms with Crippen LogP contribution in [0.4, 0.5) is 5.69 Å². The maximum atomic E-state index is 12.8. The highest BCUT2D eigenvalue weighted by atomic mass is 35.5. The fourth-order valence-electron chi connectivity index (χ4n) is 3.63. The van der Waals surface area contributed by atoms with Crippen molar-refractivity contribution in [2.75, 3.05) is 23.8 Å². The third kappa shape index (κ3) is 5.63. The molecule has 0 radical (unpaired) electrons. The number of anilines is 1. The zero-order valence-corrected chi connectivity index (χ0v) is 20.4. The number of sulfonamides is 1. The first kappa shape index (κ1) is 23.9. The van der Waals surface area contributed by atoms with Crippen molar-refractivity contribution in [2.45, 2.75) is 19.5 Å². The lowest BCUT2D eigenvalue weighted by Crippen LogP contribution is -2.29. The number of ether oxygens (including phenoxy) is 2. The largest absolute Gasteiger partial charge is 0.486 e. The molecule has 0 saturated carbocycles. The molecule has 0 saturated heterocycles. The first-order valence-corrected chi connectivity index (χ1v) is 13.0. The zero-order chi connectivity index (χ0) is 24.3. The van der Waals surface area contributed by atoms with Gasteiger partial charge in [0.1, 0.15) is 13.2 Å². The third-order valence-electron chi connectivity index (χ3n) is 5.47. The number of fused-ring (bicyclic) bond motifs is 1. The van der Waals surface area contributed by atoms with Crippen molar-refractivity contribution in [2.24, 2.45) is 0 Å². The van der Waals surface area contributed by atoms with E-state index in [2.05, 4.69) is 5.32 Å². The van der Waals surface area contributed by atoms with Crippen LogP contribution in [0, 0.1) is 0 Å². The quantitative estimate of drug-likeness (QED) is 0.513. The van der Waals surface area contributed by atoms with Crippen molar-refractivity contribution in [3.8, 4) is 11.5 Å². The summed E-state index contributed by atoms with van der Waals surface area (Å²) in [7, 11) is -3.54. The van der Waals surface area contributed by atoms with Crippen LogP contribution in [-0.4, -0.2) is 33.8 Å². The number of hydrogen-bond donors (Lipinski definition) is 1. The predicted molar refractivity (Wildman–Crippen MR) is 132 cm³/mol. The van der Waals surface area contributed by atoms with Gasteiger partial charge in [0.25, 0.3) is 5.91 Å². The Morgan fingerprint density at radius 2 is 1.65 bits per heavy atom. The Balaban J connectivity index is 1.47. The second kappa shape index (κ2) is 9.95. The molecule has 1 N–H and O–H groups in total. The summed E-state index contributed by atoms with van der Waals surface area (Å²) in [4.78, 5) is 12.8. The number of benzene rings is 3. The van der Waals surface area contributed by atoms with Gasteiger partial charge in [-0.1, -0.05) is 29.8 Å². The van der Waals surface area contributed by atoms with E-state index in [1.807, 2.05) is 25.1 Å². The number of nitrogens with zero attached hydrogens (tertiary/aromatic N) is 1. The predicted octanol–water partition coefficient (Wildman–Crippen LogP) is 4.57. The van der Waals surface area contributed by atoms with Crippen LogP contribution in [0.2, 0.25) is 5.02 Å². The Labute approximate surface area is 204 Å². The third-order valence-corrected chi connectivity index (χ3v) is 6.86. The Kier molecular flexibility index (Phi) is 7.00. The van der Waals surface area contributed by atoms with E-state index in [1.165, 1.54) is 4.31 Å². The van der Waals surface area contributed by atoms with Gasteiger partial charge in [-0.25, -0.2) is 8.42 Å². The van der Waals surface area contributed by atoms with Gasteiger partial charge in [-0.05, 0) is 66.6 Å². The number of halogens is 1. The van der Waals surface area contributed by atoms with Crippen molar-refractivity contribution in [3.63, 3.8) is 0 Å². The van der Waals surface area contributed by atoms with Gasteiger partial charge >= 0.3 is 0 Å². The molecule has 178 valence electrons. The molecule has 0 spiro atoms. The molecule has 1 aliphatic rings. The number of nitrogens with one attached hydrogen (secondary N) is 1. The molecule has 0 aromatic heterocycles. The summed E-state index contributed by atoms with van der Waals surface area (Å²) in [6, 6.07) is 18.8. The van der Waals surface area contributed by atoms with Gasteiger partial charge in [0.05, 0.1) is 24.5 Å². The second-order valence-electron chi connectivity index (χ2n) is 8.04. The molecule has 4 rings (SSSR count). The molecule has 1 aliphatic heterocycles. The summed E-state index contributed by atoms with van der Waals surface area (Å²) in [6.45, 7) is 3.05. The molecule has 9 heteroatoms. The van der Waals surface area contributed by atoms with Crippen LogP contribution < -0.4 is 19.1 Å². The molecule has 34 heavy (non-hydrogen) atoms. The minimum Gasteiger partial charge on any atom is -0.486 e. The molecule has 1 amide bonds. The Morgan fingerprint density at radius 1 is 1.00 bits per heavy atom. The first-order chi connectivity index (χ1) is 16.2. The fraction of sp³-hybridized carbons (Fsp3) is 0.240. The van der Waals surface area contributed by atoms with Gasteiger partial charge in [0.2, 0.25) is 10.0 Å². The minimum atomic E-state index is -3.54. The highest BCUT2D eigenvalue weighted by molar-refractivity contribution is 7.92. The standard InChI is InChI=1S/C25H25ClN2O5S/c1-17(20-7-12-23-24(15-20)33-14-13-32-23)27-25(29)19-5-10-22(11-6-19)28(34(2,30)31)16-18-3-8-21(26)9-4-18/h3-12,15,17H,13-14,16H2,1-2H3,(H,27,29). The van der Waals surface area contributed by atoms with Crippen LogP contribution in [-0.2, 0) is 16.6 Å². The molecule has 1 atom stereocenters. The SMILES string of the molecule is CC(NC(=O)c1ccc(N(Cc2ccc(Cl)cc2)S(C)(=O)=O)cc1)c1ccc2c(c1)OCCO2. The zero-order valence-electron chi connectivity index (χ0n) is 18.8. The average molecular weight is 501 g/mol. The Bertz CT molecular complexity index is 1280. The summed E-state index contributed by atoms with van der Waals surface area (Å²) >= 11 is 5.93. The maximum Gasteiger partial charge on any atom is 0.251 e. The smallest absolute Gasteiger partial charge is 0.251 e. The molecule has 3 aromatic carbocycles. The van der Waals surface area contributed by atoms with E-state index in [-0.39, 0.29) is 18.5 Å². The maximum absolute atomic E-state index is 12.8. The normalized spacial score (nSPS) is 13.7. The summed E-state index contributed by atoms with van der Waals surface area (Å²) < 4.78 is 37.3. The summed E-state index contributed by atoms with van der Waals surface area (Å²) in [6.07, 6.45) is 1.15. The Morgan fingerprint density at radius 3 is 2.29 bits per heavy atom. The van der Waals surface area contributed by atoms with Crippen LogP contribution in [0.3, 0.4) is 0 Å². The fourth-order valence-corrected chi connectivity index (χ4v) is 4.64. The van der Waals surface area contributed by atoms with E-state index in [4.69, 9.17) is 21.1 Å². The van der Waals surface area contributed by atoms with Crippen LogP contribution in [0.25, 0.3) is 0 Å². The van der Waals surface area contributed by atoms with Gasteiger partial charge < -0.3 is 14.8 Å². The first-order valence-electron chi connectivity index (χ1n) is 10.7. The van der Waals surface area contributed by atoms with E-state index in [0.29, 0.717) is 41.0 Å². The van der Waals surface area contributed by atoms with Crippen LogP contribution in [0.5, 0.6) is 11.5 Å². The van der Waals surface area contributed by atoms with Gasteiger partial charge in [0.15, 0.2) is 11.5 Å². The molecular formula is C25H25ClN2O5S. The topological polar surface area (TPSA) is 84.9 Å². The molecular weight excluding hydrogens is 476 g/mol. The van der Waals surface area contributed by atoms with Gasteiger partial charge in [-0.15, -0.1) is 0 Å². The molecule has 0 bridgehead atoms. The summed E-state index contributed by atoms with van der Waals surface area (Å²) in [5, 5.41) is 3.54. The molecule has 0 fully saturated rings. The molecule has 3 aromatic rings. The average Bonchev–Trinajstić information content (AvgIpc) is 2.82. The lowest BCUT2D eigenvalue weighted by Gasteiger charge is -2.23. The van der Waals surface area contributed by atoms with Gasteiger partial charge in [-0.3, -0.25) is 9.10 Å². The number of rotatable bonds is 7. The van der Waals surface area contributed by atoms with Crippen molar-refractivity contribution in [1.82, 2.24) is 5.32 Å². The second-order valence-corrected chi connectivity index (χ2v) is 10.4. The van der Waals surface area contributed by atoms with Gasteiger partial charge in [0, 0.05) is 10.6 Å². The molecule has 1 heterocycles. The van der Waals surface area contributed by atoms with Crippen molar-refractivity contribution >= 4 is 33.2 Å². The van der Waals surface area contributed by atoms with Crippen molar-refractivity contribution < 1.29 is 22.7 Å². The van der Waals surface area contributed by atoms with Gasteiger partial charge in [-0.2, -0.15) is 0 Å². The Hall–Kier alpha value is -3.23. The van der Waals surface area contributed by atoms with Crippen LogP contribution in [0.1, 0.15) is 34.5 Å². The van der Waals surface area contributed by atoms with E-state index in [0.717, 1.165) is 17.4 Å². The molecule has 0 aliphatic carbocycles. The lowest BCUT2D eigenvalue weighted by atomic mass is 10.1. The summed E-state index contributed by atoms with van der Waals surface area (Å²) in [5.74, 6) is 1.09. The van der Waals surface area contributed by atoms with Crippen molar-refractivity contribution in [3.05, 3.63) is 88.4 Å². The summed E-state index contributed by atoms with van der Waals surface area (Å²) in [5.41, 5.74) is 2.58. The van der Waals surface area contributed by atoms with E-state index in [9.17, 15) is 13.2 Å². The highest BCUT2D eigenvalue weighted by Gasteiger charge is 2.20. The highest BCUT2D eigenvalue weighted by Crippen LogP contribution is 2.32. The minimum absolute atomic E-state index is 0.155. The van der Waals surface area contributed by atoms with E-state index in [1.54, 1.807) is 48.5 Å². The van der Waals surface area contributed by atoms with E-state index >= 15 is 0 Å². The van der Waals surface area contributed by atoms with Crippen molar-refractivity contribution in [1.29, 1.82) is 0 Å². The lowest BCUT2D eigenvalue weighted by molar-refractivity contribution is 0.0939. The van der Waals surface area contributed by atoms with E-state index < -0.39 is 10.0 Å². The number of hydrogen-bond acceptors (Lipinski definition) is 5. The van der Waals surface area contributed by atoms with Crippen LogP contribution in [0.15, 0.2) is 66.7 Å². The number of carbonyl (C=O) groups is 1.